The lowest BCUT2D eigenvalue weighted by Gasteiger charge is -2.42. The zero-order valence-corrected chi connectivity index (χ0v) is 11.6. The first kappa shape index (κ1) is 12.4. The number of rotatable bonds is 2. The smallest absolute Gasteiger partial charge is 0.145 e. The molecule has 106 valence electrons. The minimum absolute atomic E-state index is 0.227. The van der Waals surface area contributed by atoms with Crippen molar-refractivity contribution in [2.45, 2.75) is 6.04 Å². The zero-order chi connectivity index (χ0) is 14.4. The highest BCUT2D eigenvalue weighted by molar-refractivity contribution is 5.60. The van der Waals surface area contributed by atoms with Crippen LogP contribution < -0.4 is 11.5 Å². The van der Waals surface area contributed by atoms with E-state index < -0.39 is 0 Å². The average Bonchev–Trinajstić information content (AvgIpc) is 2.95. The molecule has 3 aliphatic heterocycles. The van der Waals surface area contributed by atoms with E-state index in [-0.39, 0.29) is 11.5 Å². The minimum Gasteiger partial charge on any atom is -0.466 e. The van der Waals surface area contributed by atoms with Crippen LogP contribution >= 0.6 is 0 Å². The van der Waals surface area contributed by atoms with Crippen LogP contribution in [0.5, 0.6) is 0 Å². The molecule has 2 atom stereocenters. The lowest BCUT2D eigenvalue weighted by molar-refractivity contribution is 0.294. The summed E-state index contributed by atoms with van der Waals surface area (Å²) in [7, 11) is 0. The number of allylic oxidation sites excluding steroid dienone is 7. The largest absolute Gasteiger partial charge is 0.466 e. The van der Waals surface area contributed by atoms with Crippen LogP contribution in [-0.2, 0) is 4.74 Å². The Balaban J connectivity index is 2.02. The molecule has 3 heterocycles. The predicted octanol–water partition coefficient (Wildman–Crippen LogP) is 1.79. The molecule has 0 radical (unpaired) electrons. The Morgan fingerprint density at radius 2 is 2.00 bits per heavy atom. The highest BCUT2D eigenvalue weighted by atomic mass is 16.5. The molecular weight excluding hydrogens is 262 g/mol. The van der Waals surface area contributed by atoms with Gasteiger partial charge in [0.1, 0.15) is 5.76 Å². The summed E-state index contributed by atoms with van der Waals surface area (Å²) in [4.78, 5) is 2.09. The maximum Gasteiger partial charge on any atom is 0.145 e. The predicted molar refractivity (Wildman–Crippen MR) is 82.1 cm³/mol. The molecular formula is C17H17N3O. The lowest BCUT2D eigenvalue weighted by Crippen LogP contribution is -2.44. The Morgan fingerprint density at radius 3 is 2.86 bits per heavy atom. The quantitative estimate of drug-likeness (QED) is 0.809. The van der Waals surface area contributed by atoms with Crippen LogP contribution in [0.15, 0.2) is 83.8 Å². The van der Waals surface area contributed by atoms with Crippen LogP contribution in [0, 0.1) is 5.41 Å². The highest BCUT2D eigenvalue weighted by Gasteiger charge is 2.47. The van der Waals surface area contributed by atoms with Gasteiger partial charge in [-0.1, -0.05) is 30.4 Å². The first-order valence-corrected chi connectivity index (χ1v) is 7.07. The van der Waals surface area contributed by atoms with Crippen LogP contribution in [0.1, 0.15) is 0 Å². The fraction of sp³-hybridized carbons (Fsp3) is 0.176. The molecule has 0 aromatic heterocycles. The normalized spacial score (nSPS) is 29.5. The van der Waals surface area contributed by atoms with Crippen molar-refractivity contribution in [3.8, 4) is 0 Å². The fourth-order valence-corrected chi connectivity index (χ4v) is 3.34. The summed E-state index contributed by atoms with van der Waals surface area (Å²) in [5, 5.41) is 0. The second-order valence-corrected chi connectivity index (χ2v) is 5.43. The first-order chi connectivity index (χ1) is 10.3. The van der Waals surface area contributed by atoms with E-state index in [1.54, 1.807) is 6.26 Å². The number of nitrogens with two attached hydrogens (primary N) is 2. The van der Waals surface area contributed by atoms with Crippen LogP contribution in [0.25, 0.3) is 0 Å². The summed E-state index contributed by atoms with van der Waals surface area (Å²) in [5.41, 5.74) is 15.0. The van der Waals surface area contributed by atoms with Crippen LogP contribution in [0.2, 0.25) is 0 Å². The standard InChI is InChI=1S/C17H17N3O/c18-11-13(19)15-12-5-1-3-7-17(12)8-10-21-16(17)14-6-2-4-9-20(14)15/h1-10,13H,11,18-19H2. The highest BCUT2D eigenvalue weighted by Crippen LogP contribution is 2.53. The van der Waals surface area contributed by atoms with Crippen molar-refractivity contribution in [3.05, 3.63) is 83.8 Å². The van der Waals surface area contributed by atoms with Gasteiger partial charge in [0, 0.05) is 18.4 Å². The molecule has 0 aromatic carbocycles. The number of fused-ring (bicyclic) bond motifs is 1. The van der Waals surface area contributed by atoms with E-state index in [1.807, 2.05) is 30.5 Å². The van der Waals surface area contributed by atoms with Gasteiger partial charge in [0.05, 0.1) is 23.4 Å². The number of hydrogen-bond acceptors (Lipinski definition) is 4. The molecule has 0 fully saturated rings. The molecule has 4 N–H and O–H groups in total. The Bertz CT molecular complexity index is 706. The molecule has 1 aliphatic carbocycles. The van der Waals surface area contributed by atoms with Crippen molar-refractivity contribution in [3.63, 3.8) is 0 Å². The average molecular weight is 279 g/mol. The second kappa shape index (κ2) is 4.35. The van der Waals surface area contributed by atoms with Gasteiger partial charge in [-0.2, -0.15) is 0 Å². The molecule has 0 aromatic rings. The van der Waals surface area contributed by atoms with E-state index in [4.69, 9.17) is 16.2 Å². The maximum atomic E-state index is 6.31. The van der Waals surface area contributed by atoms with Crippen LogP contribution in [0.3, 0.4) is 0 Å². The van der Waals surface area contributed by atoms with Crippen molar-refractivity contribution in [2.24, 2.45) is 16.9 Å². The van der Waals surface area contributed by atoms with Gasteiger partial charge in [0.2, 0.25) is 0 Å². The molecule has 0 saturated carbocycles. The van der Waals surface area contributed by atoms with Gasteiger partial charge in [-0.15, -0.1) is 0 Å². The lowest BCUT2D eigenvalue weighted by atomic mass is 9.71. The molecule has 2 unspecified atom stereocenters. The Kier molecular flexibility index (Phi) is 2.58. The molecule has 4 rings (SSSR count). The van der Waals surface area contributed by atoms with Gasteiger partial charge >= 0.3 is 0 Å². The SMILES string of the molecule is NCC(N)C1=C2C=CC=CC23C=COC3=C2C=CC=CN21. The van der Waals surface area contributed by atoms with Crippen molar-refractivity contribution < 1.29 is 4.74 Å². The van der Waals surface area contributed by atoms with Crippen molar-refractivity contribution in [1.82, 2.24) is 4.90 Å². The minimum atomic E-state index is -0.349. The topological polar surface area (TPSA) is 64.5 Å². The summed E-state index contributed by atoms with van der Waals surface area (Å²) in [6.07, 6.45) is 20.2. The van der Waals surface area contributed by atoms with Gasteiger partial charge in [0.25, 0.3) is 0 Å². The summed E-state index contributed by atoms with van der Waals surface area (Å²) in [6, 6.07) is -0.227. The van der Waals surface area contributed by atoms with E-state index in [0.717, 1.165) is 22.7 Å². The Hall–Kier alpha value is -2.30. The Labute approximate surface area is 123 Å². The molecule has 0 saturated heterocycles. The third kappa shape index (κ3) is 1.51. The summed E-state index contributed by atoms with van der Waals surface area (Å²) in [5.74, 6) is 0.923. The maximum absolute atomic E-state index is 6.31. The van der Waals surface area contributed by atoms with E-state index in [2.05, 4.69) is 29.2 Å². The molecule has 1 spiro atoms. The first-order valence-electron chi connectivity index (χ1n) is 7.07. The van der Waals surface area contributed by atoms with Gasteiger partial charge in [-0.05, 0) is 23.8 Å². The van der Waals surface area contributed by atoms with Gasteiger partial charge in [-0.3, -0.25) is 0 Å². The fourth-order valence-electron chi connectivity index (χ4n) is 3.34. The van der Waals surface area contributed by atoms with Crippen LogP contribution in [-0.4, -0.2) is 17.5 Å². The third-order valence-corrected chi connectivity index (χ3v) is 4.30. The summed E-state index contributed by atoms with van der Waals surface area (Å²) >= 11 is 0. The number of ether oxygens (including phenoxy) is 1. The van der Waals surface area contributed by atoms with E-state index in [9.17, 15) is 0 Å². The molecule has 4 aliphatic rings. The summed E-state index contributed by atoms with van der Waals surface area (Å²) < 4.78 is 5.83. The van der Waals surface area contributed by atoms with Crippen molar-refractivity contribution in [1.29, 1.82) is 0 Å². The summed E-state index contributed by atoms with van der Waals surface area (Å²) in [6.45, 7) is 0.397. The van der Waals surface area contributed by atoms with Gasteiger partial charge in [0.15, 0.2) is 0 Å². The monoisotopic (exact) mass is 279 g/mol. The number of hydrogen-bond donors (Lipinski definition) is 2. The van der Waals surface area contributed by atoms with Crippen molar-refractivity contribution in [2.75, 3.05) is 6.54 Å². The van der Waals surface area contributed by atoms with Gasteiger partial charge in [-0.25, -0.2) is 0 Å². The van der Waals surface area contributed by atoms with Gasteiger partial charge < -0.3 is 21.1 Å². The molecule has 4 heteroatoms. The zero-order valence-electron chi connectivity index (χ0n) is 11.6. The molecule has 0 amide bonds. The Morgan fingerprint density at radius 1 is 1.14 bits per heavy atom. The molecule has 4 nitrogen and oxygen atoms in total. The van der Waals surface area contributed by atoms with E-state index in [0.29, 0.717) is 6.54 Å². The molecule has 0 bridgehead atoms. The molecule has 21 heavy (non-hydrogen) atoms. The van der Waals surface area contributed by atoms with E-state index in [1.165, 1.54) is 0 Å². The van der Waals surface area contributed by atoms with Crippen molar-refractivity contribution >= 4 is 0 Å². The second-order valence-electron chi connectivity index (χ2n) is 5.43. The van der Waals surface area contributed by atoms with E-state index >= 15 is 0 Å². The third-order valence-electron chi connectivity index (χ3n) is 4.30. The number of nitrogens with zero attached hydrogens (tertiary/aromatic N) is 1. The van der Waals surface area contributed by atoms with Crippen LogP contribution in [0.4, 0.5) is 0 Å².